The minimum Gasteiger partial charge on any atom is -0.493 e. The first-order chi connectivity index (χ1) is 11.6. The highest BCUT2D eigenvalue weighted by molar-refractivity contribution is 7.10. The highest BCUT2D eigenvalue weighted by Crippen LogP contribution is 2.42. The Hall–Kier alpha value is -1.76. The molecule has 0 saturated heterocycles. The topological polar surface area (TPSA) is 64.8 Å². The lowest BCUT2D eigenvalue weighted by atomic mass is 9.90. The van der Waals surface area contributed by atoms with E-state index in [2.05, 4.69) is 6.07 Å². The summed E-state index contributed by atoms with van der Waals surface area (Å²) in [5.41, 5.74) is 8.13. The van der Waals surface area contributed by atoms with E-state index in [9.17, 15) is 4.79 Å². The fraction of sp³-hybridized carbons (Fsp3) is 0.389. The van der Waals surface area contributed by atoms with Crippen LogP contribution in [0.1, 0.15) is 29.0 Å². The fourth-order valence-electron chi connectivity index (χ4n) is 3.20. The number of ether oxygens (including phenoxy) is 2. The van der Waals surface area contributed by atoms with Gasteiger partial charge in [-0.05, 0) is 48.1 Å². The molecule has 5 nitrogen and oxygen atoms in total. The molecular weight excluding hydrogens is 360 g/mol. The van der Waals surface area contributed by atoms with Gasteiger partial charge in [-0.15, -0.1) is 23.7 Å². The van der Waals surface area contributed by atoms with Crippen molar-refractivity contribution in [1.82, 2.24) is 4.90 Å². The maximum Gasteiger partial charge on any atom is 0.240 e. The van der Waals surface area contributed by atoms with Gasteiger partial charge in [0.1, 0.15) is 0 Å². The SMILES string of the molecule is COc1cc2c(cc1OC)C(c1cccs1)N(C(=O)C(C)N)CC2.Cl. The van der Waals surface area contributed by atoms with Gasteiger partial charge in [-0.25, -0.2) is 0 Å². The first kappa shape index (κ1) is 19.6. The average Bonchev–Trinajstić information content (AvgIpc) is 3.12. The van der Waals surface area contributed by atoms with E-state index >= 15 is 0 Å². The average molecular weight is 383 g/mol. The zero-order chi connectivity index (χ0) is 17.3. The number of methoxy groups -OCH3 is 2. The number of carbonyl (C=O) groups excluding carboxylic acids is 1. The summed E-state index contributed by atoms with van der Waals surface area (Å²) in [7, 11) is 3.26. The second kappa shape index (κ2) is 8.08. The van der Waals surface area contributed by atoms with Gasteiger partial charge in [0.2, 0.25) is 5.91 Å². The molecule has 0 fully saturated rings. The van der Waals surface area contributed by atoms with Gasteiger partial charge in [-0.1, -0.05) is 6.07 Å². The van der Waals surface area contributed by atoms with Gasteiger partial charge < -0.3 is 20.1 Å². The normalized spacial score (nSPS) is 17.3. The van der Waals surface area contributed by atoms with E-state index in [1.165, 1.54) is 5.56 Å². The van der Waals surface area contributed by atoms with E-state index in [0.717, 1.165) is 16.9 Å². The van der Waals surface area contributed by atoms with Crippen LogP contribution in [0.4, 0.5) is 0 Å². The van der Waals surface area contributed by atoms with Gasteiger partial charge in [0, 0.05) is 11.4 Å². The molecule has 3 rings (SSSR count). The number of benzene rings is 1. The van der Waals surface area contributed by atoms with Crippen LogP contribution in [0, 0.1) is 0 Å². The Morgan fingerprint density at radius 1 is 1.32 bits per heavy atom. The standard InChI is InChI=1S/C18H22N2O3S.ClH/c1-11(19)18(21)20-7-6-12-9-14(22-2)15(23-3)10-13(12)17(20)16-5-4-8-24-16;/h4-5,8-11,17H,6-7,19H2,1-3H3;1H. The van der Waals surface area contributed by atoms with Gasteiger partial charge in [-0.3, -0.25) is 4.79 Å². The molecule has 0 aliphatic carbocycles. The summed E-state index contributed by atoms with van der Waals surface area (Å²) in [5.74, 6) is 1.36. The molecule has 1 aliphatic heterocycles. The van der Waals surface area contributed by atoms with Crippen molar-refractivity contribution in [3.8, 4) is 11.5 Å². The van der Waals surface area contributed by atoms with E-state index in [-0.39, 0.29) is 24.4 Å². The summed E-state index contributed by atoms with van der Waals surface area (Å²) in [6.07, 6.45) is 0.774. The van der Waals surface area contributed by atoms with Gasteiger partial charge in [0.15, 0.2) is 11.5 Å². The van der Waals surface area contributed by atoms with Gasteiger partial charge in [0.25, 0.3) is 0 Å². The lowest BCUT2D eigenvalue weighted by Crippen LogP contribution is -2.47. The summed E-state index contributed by atoms with van der Waals surface area (Å²) in [5, 5.41) is 2.03. The van der Waals surface area contributed by atoms with Crippen molar-refractivity contribution in [2.24, 2.45) is 5.73 Å². The predicted octanol–water partition coefficient (Wildman–Crippen LogP) is 3.01. The van der Waals surface area contributed by atoms with Gasteiger partial charge in [-0.2, -0.15) is 0 Å². The Balaban J connectivity index is 0.00000225. The van der Waals surface area contributed by atoms with Crippen LogP contribution in [-0.2, 0) is 11.2 Å². The molecule has 25 heavy (non-hydrogen) atoms. The molecule has 2 heterocycles. The van der Waals surface area contributed by atoms with Crippen LogP contribution in [0.3, 0.4) is 0 Å². The number of amides is 1. The van der Waals surface area contributed by atoms with Crippen LogP contribution in [0.5, 0.6) is 11.5 Å². The monoisotopic (exact) mass is 382 g/mol. The predicted molar refractivity (Wildman–Crippen MR) is 102 cm³/mol. The van der Waals surface area contributed by atoms with E-state index < -0.39 is 6.04 Å². The third-order valence-electron chi connectivity index (χ3n) is 4.36. The Morgan fingerprint density at radius 3 is 2.56 bits per heavy atom. The Kier molecular flexibility index (Phi) is 6.32. The van der Waals surface area contributed by atoms with Crippen LogP contribution < -0.4 is 15.2 Å². The summed E-state index contributed by atoms with van der Waals surface area (Å²) in [6.45, 7) is 2.38. The van der Waals surface area contributed by atoms with Crippen LogP contribution in [0.15, 0.2) is 29.6 Å². The molecule has 0 bridgehead atoms. The van der Waals surface area contributed by atoms with Crippen molar-refractivity contribution in [2.45, 2.75) is 25.4 Å². The highest BCUT2D eigenvalue weighted by Gasteiger charge is 2.34. The molecule has 0 saturated carbocycles. The molecule has 0 spiro atoms. The quantitative estimate of drug-likeness (QED) is 0.882. The highest BCUT2D eigenvalue weighted by atomic mass is 35.5. The minimum absolute atomic E-state index is 0. The number of rotatable bonds is 4. The number of hydrogen-bond acceptors (Lipinski definition) is 5. The fourth-order valence-corrected chi connectivity index (χ4v) is 4.05. The third-order valence-corrected chi connectivity index (χ3v) is 5.28. The molecule has 1 amide bonds. The molecule has 136 valence electrons. The lowest BCUT2D eigenvalue weighted by Gasteiger charge is -2.38. The van der Waals surface area contributed by atoms with E-state index in [4.69, 9.17) is 15.2 Å². The van der Waals surface area contributed by atoms with Crippen LogP contribution >= 0.6 is 23.7 Å². The molecule has 1 aromatic carbocycles. The first-order valence-electron chi connectivity index (χ1n) is 7.91. The lowest BCUT2D eigenvalue weighted by molar-refractivity contribution is -0.134. The second-order valence-electron chi connectivity index (χ2n) is 5.89. The van der Waals surface area contributed by atoms with Crippen LogP contribution in [-0.4, -0.2) is 37.6 Å². The number of carbonyl (C=O) groups is 1. The Labute approximate surface area is 158 Å². The maximum absolute atomic E-state index is 12.6. The van der Waals surface area contributed by atoms with Crippen molar-refractivity contribution >= 4 is 29.7 Å². The van der Waals surface area contributed by atoms with Crippen molar-refractivity contribution < 1.29 is 14.3 Å². The maximum atomic E-state index is 12.6. The minimum atomic E-state index is -0.519. The van der Waals surface area contributed by atoms with Crippen molar-refractivity contribution in [3.05, 3.63) is 45.6 Å². The molecular formula is C18H23ClN2O3S. The molecule has 1 aromatic heterocycles. The molecule has 2 N–H and O–H groups in total. The summed E-state index contributed by atoms with van der Waals surface area (Å²) >= 11 is 1.64. The van der Waals surface area contributed by atoms with E-state index in [0.29, 0.717) is 18.0 Å². The molecule has 1 aliphatic rings. The zero-order valence-electron chi connectivity index (χ0n) is 14.5. The number of halogens is 1. The van der Waals surface area contributed by atoms with E-state index in [1.807, 2.05) is 28.5 Å². The molecule has 0 radical (unpaired) electrons. The number of fused-ring (bicyclic) bond motifs is 1. The smallest absolute Gasteiger partial charge is 0.240 e. The molecule has 2 atom stereocenters. The largest absolute Gasteiger partial charge is 0.493 e. The van der Waals surface area contributed by atoms with Crippen LogP contribution in [0.2, 0.25) is 0 Å². The van der Waals surface area contributed by atoms with E-state index in [1.54, 1.807) is 32.5 Å². The summed E-state index contributed by atoms with van der Waals surface area (Å²) in [4.78, 5) is 15.6. The van der Waals surface area contributed by atoms with Crippen molar-refractivity contribution in [1.29, 1.82) is 0 Å². The summed E-state index contributed by atoms with van der Waals surface area (Å²) in [6, 6.07) is 7.41. The molecule has 2 unspecified atom stereocenters. The second-order valence-corrected chi connectivity index (χ2v) is 6.87. The number of hydrogen-bond donors (Lipinski definition) is 1. The first-order valence-corrected chi connectivity index (χ1v) is 8.79. The molecule has 7 heteroatoms. The van der Waals surface area contributed by atoms with Crippen molar-refractivity contribution in [2.75, 3.05) is 20.8 Å². The number of nitrogens with zero attached hydrogens (tertiary/aromatic N) is 1. The Morgan fingerprint density at radius 2 is 2.00 bits per heavy atom. The Bertz CT molecular complexity index is 734. The third kappa shape index (κ3) is 3.61. The van der Waals surface area contributed by atoms with Crippen LogP contribution in [0.25, 0.3) is 0 Å². The number of thiophene rings is 1. The van der Waals surface area contributed by atoms with Crippen molar-refractivity contribution in [3.63, 3.8) is 0 Å². The zero-order valence-corrected chi connectivity index (χ0v) is 16.2. The van der Waals surface area contributed by atoms with Gasteiger partial charge in [0.05, 0.1) is 26.3 Å². The number of nitrogens with two attached hydrogens (primary N) is 1. The van der Waals surface area contributed by atoms with Gasteiger partial charge >= 0.3 is 0 Å². The molecule has 2 aromatic rings. The summed E-state index contributed by atoms with van der Waals surface area (Å²) < 4.78 is 10.9.